The number of esters is 1. The summed E-state index contributed by atoms with van der Waals surface area (Å²) in [5.41, 5.74) is 10.3. The number of H-pyrrole nitrogens is 1. The first-order chi connectivity index (χ1) is 19.4. The van der Waals surface area contributed by atoms with Gasteiger partial charge in [0.1, 0.15) is 17.4 Å². The maximum atomic E-state index is 13.4. The van der Waals surface area contributed by atoms with Crippen molar-refractivity contribution in [2.75, 3.05) is 23.4 Å². The summed E-state index contributed by atoms with van der Waals surface area (Å²) in [5, 5.41) is 10.9. The molecule has 4 aromatic rings. The van der Waals surface area contributed by atoms with Crippen molar-refractivity contribution in [3.8, 4) is 5.75 Å². The number of halogens is 1. The minimum Gasteiger partial charge on any atom is -0.466 e. The van der Waals surface area contributed by atoms with Gasteiger partial charge in [-0.05, 0) is 74.2 Å². The number of amides is 1. The average molecular weight is 577 g/mol. The largest absolute Gasteiger partial charge is 0.466 e. The molecule has 1 amide bonds. The van der Waals surface area contributed by atoms with E-state index in [1.165, 1.54) is 4.90 Å². The van der Waals surface area contributed by atoms with Gasteiger partial charge in [-0.25, -0.2) is 9.78 Å². The molecule has 0 bridgehead atoms. The smallest absolute Gasteiger partial charge is 0.419 e. The molecule has 41 heavy (non-hydrogen) atoms. The predicted molar refractivity (Wildman–Crippen MR) is 161 cm³/mol. The van der Waals surface area contributed by atoms with Crippen molar-refractivity contribution in [3.63, 3.8) is 0 Å². The third-order valence-corrected chi connectivity index (χ3v) is 6.67. The second-order valence-electron chi connectivity index (χ2n) is 9.59. The molecule has 5 rings (SSSR count). The van der Waals surface area contributed by atoms with Gasteiger partial charge in [0.25, 0.3) is 0 Å². The van der Waals surface area contributed by atoms with E-state index in [0.717, 1.165) is 41.0 Å². The van der Waals surface area contributed by atoms with E-state index in [9.17, 15) is 9.59 Å². The van der Waals surface area contributed by atoms with Crippen molar-refractivity contribution in [2.45, 2.75) is 38.6 Å². The number of benzene rings is 3. The molecule has 0 unspecified atom stereocenters. The van der Waals surface area contributed by atoms with Gasteiger partial charge in [-0.3, -0.25) is 15.1 Å². The van der Waals surface area contributed by atoms with Crippen molar-refractivity contribution >= 4 is 52.7 Å². The van der Waals surface area contributed by atoms with E-state index >= 15 is 0 Å². The van der Waals surface area contributed by atoms with Gasteiger partial charge in [-0.15, -0.1) is 12.4 Å². The molecule has 1 aliphatic rings. The van der Waals surface area contributed by atoms with E-state index in [0.29, 0.717) is 23.5 Å². The van der Waals surface area contributed by atoms with E-state index in [1.807, 2.05) is 36.4 Å². The van der Waals surface area contributed by atoms with Crippen LogP contribution in [0.5, 0.6) is 5.75 Å². The van der Waals surface area contributed by atoms with Crippen molar-refractivity contribution in [3.05, 3.63) is 83.7 Å². The van der Waals surface area contributed by atoms with Crippen molar-refractivity contribution in [2.24, 2.45) is 5.73 Å². The van der Waals surface area contributed by atoms with Gasteiger partial charge in [0.05, 0.1) is 30.6 Å². The number of carbonyl (C=O) groups excluding carboxylic acids is 2. The third kappa shape index (κ3) is 7.15. The Labute approximate surface area is 244 Å². The number of imidazole rings is 1. The quantitative estimate of drug-likeness (QED) is 0.101. The summed E-state index contributed by atoms with van der Waals surface area (Å²) in [6.07, 6.45) is 1.48. The molecule has 0 saturated heterocycles. The maximum Gasteiger partial charge on any atom is 0.419 e. The second-order valence-corrected chi connectivity index (χ2v) is 9.59. The summed E-state index contributed by atoms with van der Waals surface area (Å²) in [6.45, 7) is 2.63. The van der Waals surface area contributed by atoms with E-state index in [2.05, 4.69) is 10.3 Å². The van der Waals surface area contributed by atoms with Crippen molar-refractivity contribution < 1.29 is 19.1 Å². The molecule has 0 radical (unpaired) electrons. The Morgan fingerprint density at radius 1 is 1.10 bits per heavy atom. The second kappa shape index (κ2) is 13.2. The molecule has 11 heteroatoms. The molecule has 1 fully saturated rings. The molecule has 5 N–H and O–H groups in total. The van der Waals surface area contributed by atoms with Gasteiger partial charge in [-0.2, -0.15) is 0 Å². The van der Waals surface area contributed by atoms with Gasteiger partial charge >= 0.3 is 12.1 Å². The summed E-state index contributed by atoms with van der Waals surface area (Å²) >= 11 is 0. The van der Waals surface area contributed by atoms with Gasteiger partial charge in [0, 0.05) is 29.0 Å². The Kier molecular flexibility index (Phi) is 9.46. The molecular formula is C30H33ClN6O4. The van der Waals surface area contributed by atoms with Crippen LogP contribution in [0.2, 0.25) is 0 Å². The topological polar surface area (TPSA) is 146 Å². The molecule has 1 heterocycles. The zero-order chi connectivity index (χ0) is 28.1. The highest BCUT2D eigenvalue weighted by atomic mass is 35.5. The summed E-state index contributed by atoms with van der Waals surface area (Å²) < 4.78 is 11.0. The van der Waals surface area contributed by atoms with Crippen LogP contribution in [0.3, 0.4) is 0 Å². The van der Waals surface area contributed by atoms with Crippen LogP contribution in [0.25, 0.3) is 11.0 Å². The first-order valence-electron chi connectivity index (χ1n) is 13.3. The van der Waals surface area contributed by atoms with E-state index < -0.39 is 6.09 Å². The highest BCUT2D eigenvalue weighted by Crippen LogP contribution is 2.47. The first-order valence-corrected chi connectivity index (χ1v) is 13.3. The van der Waals surface area contributed by atoms with Gasteiger partial charge < -0.3 is 25.5 Å². The number of para-hydroxylation sites is 1. The third-order valence-electron chi connectivity index (χ3n) is 6.67. The molecular weight excluding hydrogens is 544 g/mol. The Balaban J connectivity index is 0.00000387. The van der Waals surface area contributed by atoms with Crippen LogP contribution < -0.4 is 20.7 Å². The monoisotopic (exact) mass is 576 g/mol. The maximum absolute atomic E-state index is 13.4. The number of hydrogen-bond donors (Lipinski definition) is 4. The molecule has 1 aromatic heterocycles. The standard InChI is InChI=1S/C30H32N6O4.ClH/c1-2-39-26(37)16-17-36(22-6-4-3-5-7-22)30(38)40-24-15-14-23-28(27(24)19-8-9-19)35-25(34-23)18-33-21-12-10-20(11-13-21)29(31)32;/h3-7,10-15,19,33H,2,8-9,16-18H2,1H3,(H3,31,32)(H,34,35);1H. The number of hydrogen-bond acceptors (Lipinski definition) is 7. The van der Waals surface area contributed by atoms with Crippen molar-refractivity contribution in [1.29, 1.82) is 5.41 Å². The minimum atomic E-state index is -0.566. The fourth-order valence-electron chi connectivity index (χ4n) is 4.54. The fraction of sp³-hybridized carbons (Fsp3) is 0.267. The van der Waals surface area contributed by atoms with Crippen molar-refractivity contribution in [1.82, 2.24) is 9.97 Å². The number of carbonyl (C=O) groups is 2. The SMILES string of the molecule is CCOC(=O)CCN(C(=O)Oc1ccc2[nH]c(CNc3ccc(C(=N)N)cc3)nc2c1C1CC1)c1ccccc1.Cl. The Morgan fingerprint density at radius 2 is 1.83 bits per heavy atom. The lowest BCUT2D eigenvalue weighted by Crippen LogP contribution is -2.35. The Bertz CT molecular complexity index is 1520. The number of nitrogens with two attached hydrogens (primary N) is 1. The van der Waals surface area contributed by atoms with Gasteiger partial charge in [-0.1, -0.05) is 18.2 Å². The zero-order valence-corrected chi connectivity index (χ0v) is 23.5. The fourth-order valence-corrected chi connectivity index (χ4v) is 4.54. The van der Waals surface area contributed by atoms with Gasteiger partial charge in [0.15, 0.2) is 0 Å². The zero-order valence-electron chi connectivity index (χ0n) is 22.7. The summed E-state index contributed by atoms with van der Waals surface area (Å²) in [7, 11) is 0. The highest BCUT2D eigenvalue weighted by Gasteiger charge is 2.32. The molecule has 0 aliphatic heterocycles. The molecule has 10 nitrogen and oxygen atoms in total. The van der Waals surface area contributed by atoms with E-state index in [4.69, 9.17) is 25.6 Å². The Morgan fingerprint density at radius 3 is 2.49 bits per heavy atom. The molecule has 3 aromatic carbocycles. The van der Waals surface area contributed by atoms with Crippen LogP contribution in [0.15, 0.2) is 66.7 Å². The predicted octanol–water partition coefficient (Wildman–Crippen LogP) is 5.72. The number of rotatable bonds is 11. The summed E-state index contributed by atoms with van der Waals surface area (Å²) in [5.74, 6) is 1.14. The molecule has 1 saturated carbocycles. The number of aromatic amines is 1. The van der Waals surface area contributed by atoms with Gasteiger partial charge in [0.2, 0.25) is 0 Å². The normalized spacial score (nSPS) is 12.3. The summed E-state index contributed by atoms with van der Waals surface area (Å²) in [4.78, 5) is 35.1. The molecule has 1 aliphatic carbocycles. The number of fused-ring (bicyclic) bond motifs is 1. The van der Waals surface area contributed by atoms with Crippen LogP contribution in [-0.2, 0) is 16.1 Å². The van der Waals surface area contributed by atoms with E-state index in [1.54, 1.807) is 37.3 Å². The van der Waals surface area contributed by atoms with Crippen LogP contribution in [-0.4, -0.2) is 41.0 Å². The van der Waals surface area contributed by atoms with Crippen LogP contribution in [0, 0.1) is 5.41 Å². The highest BCUT2D eigenvalue weighted by molar-refractivity contribution is 5.95. The minimum absolute atomic E-state index is 0. The molecule has 0 atom stereocenters. The lowest BCUT2D eigenvalue weighted by Gasteiger charge is -2.22. The number of ether oxygens (including phenoxy) is 2. The molecule has 214 valence electrons. The average Bonchev–Trinajstić information content (AvgIpc) is 3.71. The van der Waals surface area contributed by atoms with Crippen LogP contribution >= 0.6 is 12.4 Å². The van der Waals surface area contributed by atoms with Crippen LogP contribution in [0.1, 0.15) is 49.1 Å². The lowest BCUT2D eigenvalue weighted by molar-refractivity contribution is -0.142. The number of nitrogen functional groups attached to an aromatic ring is 1. The first kappa shape index (κ1) is 29.4. The molecule has 0 spiro atoms. The summed E-state index contributed by atoms with van der Waals surface area (Å²) in [6, 6.07) is 20.1. The number of anilines is 2. The van der Waals surface area contributed by atoms with Crippen LogP contribution in [0.4, 0.5) is 16.2 Å². The Hall–Kier alpha value is -4.57. The number of aromatic nitrogens is 2. The number of nitrogens with zero attached hydrogens (tertiary/aromatic N) is 2. The number of nitrogens with one attached hydrogen (secondary N) is 3. The lowest BCUT2D eigenvalue weighted by atomic mass is 10.1. The number of amidine groups is 1. The van der Waals surface area contributed by atoms with E-state index in [-0.39, 0.29) is 49.7 Å².